The Bertz CT molecular complexity index is 919. The molecule has 3 aromatic rings. The lowest BCUT2D eigenvalue weighted by Crippen LogP contribution is -2.23. The zero-order chi connectivity index (χ0) is 15.2. The number of hydrogen-bond donors (Lipinski definition) is 0. The molecule has 3 nitrogen and oxygen atoms in total. The van der Waals surface area contributed by atoms with E-state index in [9.17, 15) is 14.0 Å². The van der Waals surface area contributed by atoms with Crippen molar-refractivity contribution < 1.29 is 13.5 Å². The van der Waals surface area contributed by atoms with Crippen LogP contribution in [0.5, 0.6) is 0 Å². The first-order valence-electron chi connectivity index (χ1n) is 5.97. The number of hydrogen-bond acceptors (Lipinski definition) is 2. The molecule has 0 atom stereocenters. The Morgan fingerprint density at radius 3 is 2.62 bits per heavy atom. The summed E-state index contributed by atoms with van der Waals surface area (Å²) in [6, 6.07) is 8.55. The van der Waals surface area contributed by atoms with Crippen molar-refractivity contribution in [3.63, 3.8) is 0 Å². The van der Waals surface area contributed by atoms with E-state index in [0.717, 1.165) is 6.07 Å². The fraction of sp³-hybridized carbons (Fsp3) is 0.0667. The molecule has 2 aromatic carbocycles. The molecule has 6 heteroatoms. The van der Waals surface area contributed by atoms with E-state index in [0.29, 0.717) is 25.4 Å². The van der Waals surface area contributed by atoms with Crippen LogP contribution in [0.2, 0.25) is 0 Å². The van der Waals surface area contributed by atoms with Crippen LogP contribution in [0.3, 0.4) is 0 Å². The summed E-state index contributed by atoms with van der Waals surface area (Å²) in [6.45, 7) is 0. The number of nitrogens with zero attached hydrogens (tertiary/aromatic N) is 2. The first-order valence-corrected chi connectivity index (χ1v) is 6.76. The minimum Gasteiger partial charge on any atom is -0.619 e. The quantitative estimate of drug-likeness (QED) is 0.379. The number of pyridine rings is 1. The number of alkyl halides is 2. The third kappa shape index (κ3) is 2.20. The zero-order valence-electron chi connectivity index (χ0n) is 10.5. The van der Waals surface area contributed by atoms with E-state index in [2.05, 4.69) is 15.9 Å². The summed E-state index contributed by atoms with van der Waals surface area (Å²) < 4.78 is 29.1. The summed E-state index contributed by atoms with van der Waals surface area (Å²) in [5.41, 5.74) is -0.358. The molecule has 0 amide bonds. The molecule has 0 N–H and O–H groups in total. The van der Waals surface area contributed by atoms with Crippen molar-refractivity contribution in [3.8, 4) is 6.07 Å². The van der Waals surface area contributed by atoms with E-state index < -0.39 is 5.92 Å². The van der Waals surface area contributed by atoms with Crippen molar-refractivity contribution >= 4 is 37.5 Å². The summed E-state index contributed by atoms with van der Waals surface area (Å²) in [5, 5.41) is 22.0. The van der Waals surface area contributed by atoms with E-state index in [1.54, 1.807) is 12.1 Å². The molecule has 0 bridgehead atoms. The molecular weight excluding hydrogens is 342 g/mol. The van der Waals surface area contributed by atoms with Crippen LogP contribution >= 0.6 is 15.9 Å². The van der Waals surface area contributed by atoms with Crippen molar-refractivity contribution in [2.45, 2.75) is 5.92 Å². The van der Waals surface area contributed by atoms with Crippen LogP contribution in [0, 0.1) is 16.5 Å². The predicted octanol–water partition coefficient (Wildman–Crippen LogP) is 4.00. The first-order chi connectivity index (χ1) is 9.92. The molecule has 0 aliphatic rings. The molecule has 21 heavy (non-hydrogen) atoms. The summed E-state index contributed by atoms with van der Waals surface area (Å²) >= 11 is 3.29. The average molecular weight is 349 g/mol. The van der Waals surface area contributed by atoms with Crippen molar-refractivity contribution in [1.29, 1.82) is 5.26 Å². The lowest BCUT2D eigenvalue weighted by Gasteiger charge is -2.14. The van der Waals surface area contributed by atoms with Gasteiger partial charge in [0, 0.05) is 16.1 Å². The molecule has 0 fully saturated rings. The van der Waals surface area contributed by atoms with Crippen molar-refractivity contribution in [1.82, 2.24) is 0 Å². The normalized spacial score (nSPS) is 11.7. The zero-order valence-corrected chi connectivity index (χ0v) is 12.1. The first kappa shape index (κ1) is 13.7. The predicted molar refractivity (Wildman–Crippen MR) is 77.6 cm³/mol. The van der Waals surface area contributed by atoms with Gasteiger partial charge in [0.15, 0.2) is 12.4 Å². The Labute approximate surface area is 126 Å². The van der Waals surface area contributed by atoms with Gasteiger partial charge in [0.05, 0.1) is 5.39 Å². The largest absolute Gasteiger partial charge is 0.619 e. The highest BCUT2D eigenvalue weighted by molar-refractivity contribution is 9.10. The SMILES string of the molecule is N#CC(F)(F)c1cc2cc[n+]([O-])cc2c2cc(Br)ccc12. The molecule has 0 radical (unpaired) electrons. The van der Waals surface area contributed by atoms with Crippen LogP contribution in [-0.4, -0.2) is 0 Å². The molecule has 0 aliphatic carbocycles. The maximum Gasteiger partial charge on any atom is 0.358 e. The Hall–Kier alpha value is -2.26. The van der Waals surface area contributed by atoms with E-state index in [1.807, 2.05) is 0 Å². The molecule has 1 heterocycles. The van der Waals surface area contributed by atoms with Crippen LogP contribution in [0.25, 0.3) is 21.5 Å². The molecule has 104 valence electrons. The molecule has 3 rings (SSSR count). The Balaban J connectivity index is 2.55. The van der Waals surface area contributed by atoms with Crippen LogP contribution in [0.4, 0.5) is 8.78 Å². The monoisotopic (exact) mass is 348 g/mol. The van der Waals surface area contributed by atoms with Gasteiger partial charge in [-0.2, -0.15) is 18.8 Å². The van der Waals surface area contributed by atoms with Gasteiger partial charge < -0.3 is 5.21 Å². The lowest BCUT2D eigenvalue weighted by atomic mass is 9.95. The fourth-order valence-electron chi connectivity index (χ4n) is 2.37. The van der Waals surface area contributed by atoms with Gasteiger partial charge in [0.25, 0.3) is 0 Å². The average Bonchev–Trinajstić information content (AvgIpc) is 2.46. The highest BCUT2D eigenvalue weighted by atomic mass is 79.9. The van der Waals surface area contributed by atoms with Crippen LogP contribution in [-0.2, 0) is 5.92 Å². The second-order valence-corrected chi connectivity index (χ2v) is 5.52. The van der Waals surface area contributed by atoms with Gasteiger partial charge in [0.1, 0.15) is 6.07 Å². The number of halogens is 3. The van der Waals surface area contributed by atoms with Gasteiger partial charge in [-0.25, -0.2) is 0 Å². The number of rotatable bonds is 1. The van der Waals surface area contributed by atoms with Crippen LogP contribution < -0.4 is 4.73 Å². The minimum absolute atomic E-state index is 0.253. The molecule has 0 saturated heterocycles. The maximum atomic E-state index is 13.9. The van der Waals surface area contributed by atoms with E-state index in [1.165, 1.54) is 30.6 Å². The Kier molecular flexibility index (Phi) is 3.03. The third-order valence-electron chi connectivity index (χ3n) is 3.31. The standard InChI is InChI=1S/C15H7BrF2N2O/c16-10-1-2-11-12(6-10)13-7-20(21)4-3-9(13)5-14(11)15(17,18)8-19/h1-7H. The van der Waals surface area contributed by atoms with Gasteiger partial charge in [-0.3, -0.25) is 0 Å². The van der Waals surface area contributed by atoms with E-state index in [-0.39, 0.29) is 10.9 Å². The highest BCUT2D eigenvalue weighted by Gasteiger charge is 2.33. The van der Waals surface area contributed by atoms with Crippen molar-refractivity contribution in [2.24, 2.45) is 0 Å². The molecular formula is C15H7BrF2N2O. The van der Waals surface area contributed by atoms with Gasteiger partial charge in [-0.05, 0) is 34.4 Å². The topological polar surface area (TPSA) is 50.7 Å². The molecule has 0 aliphatic heterocycles. The van der Waals surface area contributed by atoms with Crippen molar-refractivity contribution in [3.05, 3.63) is 58.0 Å². The summed E-state index contributed by atoms with van der Waals surface area (Å²) in [4.78, 5) is 0. The highest BCUT2D eigenvalue weighted by Crippen LogP contribution is 2.37. The fourth-order valence-corrected chi connectivity index (χ4v) is 2.73. The third-order valence-corrected chi connectivity index (χ3v) is 3.80. The van der Waals surface area contributed by atoms with Gasteiger partial charge in [-0.1, -0.05) is 22.0 Å². The second-order valence-electron chi connectivity index (χ2n) is 4.61. The number of aromatic nitrogens is 1. The molecule has 1 aromatic heterocycles. The Morgan fingerprint density at radius 1 is 1.14 bits per heavy atom. The number of benzene rings is 2. The van der Waals surface area contributed by atoms with E-state index in [4.69, 9.17) is 5.26 Å². The van der Waals surface area contributed by atoms with Crippen molar-refractivity contribution in [2.75, 3.05) is 0 Å². The van der Waals surface area contributed by atoms with Gasteiger partial charge in [0.2, 0.25) is 0 Å². The molecule has 0 saturated carbocycles. The van der Waals surface area contributed by atoms with Gasteiger partial charge in [-0.15, -0.1) is 0 Å². The van der Waals surface area contributed by atoms with E-state index >= 15 is 0 Å². The van der Waals surface area contributed by atoms with Gasteiger partial charge >= 0.3 is 5.92 Å². The smallest absolute Gasteiger partial charge is 0.358 e. The number of nitriles is 1. The minimum atomic E-state index is -3.59. The van der Waals surface area contributed by atoms with Crippen LogP contribution in [0.1, 0.15) is 5.56 Å². The molecule has 0 unspecified atom stereocenters. The summed E-state index contributed by atoms with van der Waals surface area (Å²) in [5.74, 6) is -3.59. The Morgan fingerprint density at radius 2 is 1.90 bits per heavy atom. The van der Waals surface area contributed by atoms with Crippen LogP contribution in [0.15, 0.2) is 47.2 Å². The summed E-state index contributed by atoms with van der Waals surface area (Å²) in [7, 11) is 0. The maximum absolute atomic E-state index is 13.9. The number of fused-ring (bicyclic) bond motifs is 3. The summed E-state index contributed by atoms with van der Waals surface area (Å²) in [6.07, 6.45) is 2.57. The second kappa shape index (κ2) is 4.64. The lowest BCUT2D eigenvalue weighted by molar-refractivity contribution is -0.603. The molecule has 0 spiro atoms.